The number of likely N-dealkylation sites (tertiary alicyclic amines) is 1. The van der Waals surface area contributed by atoms with Gasteiger partial charge >= 0.3 is 0 Å². The molecule has 4 aromatic rings. The first-order chi connectivity index (χ1) is 16.0. The molecule has 1 fully saturated rings. The number of hydrogen-bond acceptors (Lipinski definition) is 5. The van der Waals surface area contributed by atoms with Gasteiger partial charge in [0.1, 0.15) is 17.9 Å². The number of para-hydroxylation sites is 1. The summed E-state index contributed by atoms with van der Waals surface area (Å²) in [6, 6.07) is 9.98. The largest absolute Gasteiger partial charge is 0.487 e. The topological polar surface area (TPSA) is 73.1 Å². The van der Waals surface area contributed by atoms with Gasteiger partial charge in [0.05, 0.1) is 10.7 Å². The predicted octanol–water partition coefficient (Wildman–Crippen LogP) is 4.69. The van der Waals surface area contributed by atoms with E-state index in [0.717, 1.165) is 51.9 Å². The smallest absolute Gasteiger partial charge is 0.222 e. The van der Waals surface area contributed by atoms with Crippen LogP contribution in [0, 0.1) is 6.92 Å². The molecule has 5 rings (SSSR count). The number of carbonyl (C=O) groups excluding carboxylic acids is 1. The molecule has 1 saturated heterocycles. The number of aryl methyl sites for hydroxylation is 2. The van der Waals surface area contributed by atoms with E-state index in [1.54, 1.807) is 18.6 Å². The second kappa shape index (κ2) is 8.83. The molecule has 0 bridgehead atoms. The van der Waals surface area contributed by atoms with Gasteiger partial charge in [-0.25, -0.2) is 4.98 Å². The normalized spacial score (nSPS) is 13.8. The molecule has 1 aliphatic rings. The highest BCUT2D eigenvalue weighted by atomic mass is 35.5. The fourth-order valence-corrected chi connectivity index (χ4v) is 4.58. The van der Waals surface area contributed by atoms with E-state index >= 15 is 0 Å². The lowest BCUT2D eigenvalue weighted by Gasteiger charge is -2.19. The summed E-state index contributed by atoms with van der Waals surface area (Å²) in [7, 11) is 1.93. The molecule has 1 aliphatic heterocycles. The second-order valence-electron chi connectivity index (χ2n) is 8.27. The van der Waals surface area contributed by atoms with Crippen molar-refractivity contribution in [2.45, 2.75) is 32.9 Å². The van der Waals surface area contributed by atoms with Crippen molar-refractivity contribution in [2.75, 3.05) is 6.54 Å². The molecule has 0 aliphatic carbocycles. The molecule has 1 amide bonds. The van der Waals surface area contributed by atoms with Gasteiger partial charge in [-0.2, -0.15) is 5.10 Å². The van der Waals surface area contributed by atoms with Crippen LogP contribution in [-0.2, 0) is 25.0 Å². The Morgan fingerprint density at radius 2 is 2.09 bits per heavy atom. The fourth-order valence-electron chi connectivity index (χ4n) is 4.34. The maximum Gasteiger partial charge on any atom is 0.222 e. The molecule has 0 N–H and O–H groups in total. The lowest BCUT2D eigenvalue weighted by molar-refractivity contribution is -0.128. The van der Waals surface area contributed by atoms with Crippen LogP contribution < -0.4 is 4.74 Å². The summed E-state index contributed by atoms with van der Waals surface area (Å²) in [6.07, 6.45) is 6.65. The average Bonchev–Trinajstić information content (AvgIpc) is 3.40. The number of aromatic nitrogens is 4. The van der Waals surface area contributed by atoms with Crippen molar-refractivity contribution in [3.63, 3.8) is 0 Å². The Kier molecular flexibility index (Phi) is 5.72. The minimum absolute atomic E-state index is 0.165. The Morgan fingerprint density at radius 3 is 2.85 bits per heavy atom. The van der Waals surface area contributed by atoms with E-state index < -0.39 is 0 Å². The number of fused-ring (bicyclic) bond motifs is 1. The number of carbonyl (C=O) groups is 1. The maximum atomic E-state index is 12.1. The van der Waals surface area contributed by atoms with Crippen LogP contribution in [0.1, 0.15) is 29.7 Å². The molecule has 3 aromatic heterocycles. The highest BCUT2D eigenvalue weighted by molar-refractivity contribution is 6.31. The van der Waals surface area contributed by atoms with E-state index in [2.05, 4.69) is 16.1 Å². The number of halogens is 1. The van der Waals surface area contributed by atoms with Crippen LogP contribution in [0.2, 0.25) is 5.02 Å². The average molecular weight is 462 g/mol. The van der Waals surface area contributed by atoms with Gasteiger partial charge in [0.25, 0.3) is 0 Å². The number of amides is 1. The van der Waals surface area contributed by atoms with Gasteiger partial charge in [0.2, 0.25) is 5.91 Å². The molecule has 0 radical (unpaired) electrons. The van der Waals surface area contributed by atoms with Crippen LogP contribution in [0.3, 0.4) is 0 Å². The maximum absolute atomic E-state index is 12.1. The van der Waals surface area contributed by atoms with Crippen LogP contribution in [-0.4, -0.2) is 37.1 Å². The summed E-state index contributed by atoms with van der Waals surface area (Å²) in [6.45, 7) is 3.48. The number of hydrogen-bond donors (Lipinski definition) is 0. The molecular weight excluding hydrogens is 438 g/mol. The Labute approximate surface area is 197 Å². The molecule has 0 atom stereocenters. The Balaban J connectivity index is 1.48. The Morgan fingerprint density at radius 1 is 1.21 bits per heavy atom. The summed E-state index contributed by atoms with van der Waals surface area (Å²) >= 11 is 6.50. The van der Waals surface area contributed by atoms with Gasteiger partial charge in [-0.1, -0.05) is 23.7 Å². The quantitative estimate of drug-likeness (QED) is 0.416. The van der Waals surface area contributed by atoms with E-state index in [9.17, 15) is 4.79 Å². The molecule has 0 saturated carbocycles. The number of ether oxygens (including phenoxy) is 1. The third-order valence-corrected chi connectivity index (χ3v) is 6.35. The van der Waals surface area contributed by atoms with Gasteiger partial charge in [-0.15, -0.1) is 0 Å². The molecule has 0 spiro atoms. The van der Waals surface area contributed by atoms with Crippen LogP contribution in [0.15, 0.2) is 48.9 Å². The summed E-state index contributed by atoms with van der Waals surface area (Å²) in [4.78, 5) is 23.0. The van der Waals surface area contributed by atoms with Crippen LogP contribution in [0.4, 0.5) is 0 Å². The minimum Gasteiger partial charge on any atom is -0.487 e. The van der Waals surface area contributed by atoms with E-state index in [1.807, 2.05) is 47.8 Å². The van der Waals surface area contributed by atoms with Crippen LogP contribution in [0.25, 0.3) is 22.2 Å². The summed E-state index contributed by atoms with van der Waals surface area (Å²) in [5, 5.41) is 5.83. The van der Waals surface area contributed by atoms with Crippen molar-refractivity contribution in [3.8, 4) is 17.0 Å². The van der Waals surface area contributed by atoms with E-state index in [0.29, 0.717) is 23.7 Å². The van der Waals surface area contributed by atoms with Crippen molar-refractivity contribution in [2.24, 2.45) is 7.05 Å². The molecule has 7 nitrogen and oxygen atoms in total. The zero-order valence-electron chi connectivity index (χ0n) is 18.6. The zero-order valence-corrected chi connectivity index (χ0v) is 19.3. The third kappa shape index (κ3) is 4.16. The second-order valence-corrected chi connectivity index (χ2v) is 8.68. The number of nitrogens with zero attached hydrogens (tertiary/aromatic N) is 5. The SMILES string of the molecule is Cc1cc(-c2ccnn2C)c2cccc(OCc3c(Cl)cncc3CN3CCCC3=O)c2n1. The molecule has 168 valence electrons. The number of pyridine rings is 2. The standard InChI is InChI=1S/C25H24ClN5O2/c1-16-11-19(22-8-9-28-30(22)2)18-5-3-6-23(25(18)29-16)33-15-20-17(12-27-13-21(20)26)14-31-10-4-7-24(31)32/h3,5-6,8-9,11-13H,4,7,10,14-15H2,1-2H3. The first-order valence-electron chi connectivity index (χ1n) is 10.9. The number of rotatable bonds is 6. The summed E-state index contributed by atoms with van der Waals surface area (Å²) in [5.74, 6) is 0.842. The van der Waals surface area contributed by atoms with Crippen LogP contribution in [0.5, 0.6) is 5.75 Å². The molecular formula is C25H24ClN5O2. The Bertz CT molecular complexity index is 1350. The van der Waals surface area contributed by atoms with Crippen molar-refractivity contribution in [3.05, 3.63) is 70.8 Å². The minimum atomic E-state index is 0.165. The molecule has 33 heavy (non-hydrogen) atoms. The van der Waals surface area contributed by atoms with Gasteiger partial charge in [-0.05, 0) is 37.1 Å². The van der Waals surface area contributed by atoms with E-state index in [4.69, 9.17) is 21.3 Å². The first kappa shape index (κ1) is 21.4. The van der Waals surface area contributed by atoms with Crippen molar-refractivity contribution in [1.29, 1.82) is 0 Å². The fraction of sp³-hybridized carbons (Fsp3) is 0.280. The van der Waals surface area contributed by atoms with Crippen molar-refractivity contribution >= 4 is 28.4 Å². The molecule has 4 heterocycles. The molecule has 0 unspecified atom stereocenters. The van der Waals surface area contributed by atoms with Gasteiger partial charge < -0.3 is 9.64 Å². The van der Waals surface area contributed by atoms with E-state index in [1.165, 1.54) is 0 Å². The monoisotopic (exact) mass is 461 g/mol. The van der Waals surface area contributed by atoms with Gasteiger partial charge in [0, 0.05) is 67.4 Å². The van der Waals surface area contributed by atoms with Gasteiger partial charge in [0.15, 0.2) is 0 Å². The molecule has 1 aromatic carbocycles. The Hall–Kier alpha value is -3.45. The first-order valence-corrected chi connectivity index (χ1v) is 11.3. The molecule has 8 heteroatoms. The highest BCUT2D eigenvalue weighted by Crippen LogP contribution is 2.34. The lowest BCUT2D eigenvalue weighted by atomic mass is 10.0. The van der Waals surface area contributed by atoms with E-state index in [-0.39, 0.29) is 12.5 Å². The summed E-state index contributed by atoms with van der Waals surface area (Å²) < 4.78 is 8.13. The van der Waals surface area contributed by atoms with Crippen LogP contribution >= 0.6 is 11.6 Å². The highest BCUT2D eigenvalue weighted by Gasteiger charge is 2.22. The summed E-state index contributed by atoms with van der Waals surface area (Å²) in [5.41, 5.74) is 5.48. The number of benzene rings is 1. The third-order valence-electron chi connectivity index (χ3n) is 6.03. The van der Waals surface area contributed by atoms with Crippen molar-refractivity contribution in [1.82, 2.24) is 24.6 Å². The van der Waals surface area contributed by atoms with Gasteiger partial charge in [-0.3, -0.25) is 14.5 Å². The zero-order chi connectivity index (χ0) is 22.9. The lowest BCUT2D eigenvalue weighted by Crippen LogP contribution is -2.24. The predicted molar refractivity (Wildman–Crippen MR) is 127 cm³/mol. The van der Waals surface area contributed by atoms with Crippen molar-refractivity contribution < 1.29 is 9.53 Å².